The number of carbonyl (C=O) groups is 1. The summed E-state index contributed by atoms with van der Waals surface area (Å²) >= 11 is 0. The lowest BCUT2D eigenvalue weighted by Crippen LogP contribution is -2.37. The maximum absolute atomic E-state index is 12.5. The minimum Gasteiger partial charge on any atom is -0.345 e. The second kappa shape index (κ2) is 6.00. The van der Waals surface area contributed by atoms with Gasteiger partial charge in [-0.25, -0.2) is 4.68 Å². The lowest BCUT2D eigenvalue weighted by molar-refractivity contribution is -0.130. The zero-order valence-electron chi connectivity index (χ0n) is 14.9. The molecule has 6 nitrogen and oxygen atoms in total. The topological polar surface area (TPSA) is 63.9 Å². The number of amides is 1. The van der Waals surface area contributed by atoms with Crippen LogP contribution >= 0.6 is 0 Å². The van der Waals surface area contributed by atoms with Crippen LogP contribution in [0.1, 0.15) is 38.1 Å². The monoisotopic (exact) mass is 327 g/mol. The third-order valence-corrected chi connectivity index (χ3v) is 5.42. The van der Waals surface area contributed by atoms with Gasteiger partial charge in [-0.15, -0.1) is 5.10 Å². The highest BCUT2D eigenvalue weighted by Crippen LogP contribution is 2.64. The molecule has 0 spiro atoms. The summed E-state index contributed by atoms with van der Waals surface area (Å²) in [6, 6.07) is 10.5. The number of tetrazole rings is 1. The van der Waals surface area contributed by atoms with Crippen LogP contribution in [0.5, 0.6) is 0 Å². The smallest absolute Gasteiger partial charge is 0.224 e. The Bertz CT molecular complexity index is 724. The highest BCUT2D eigenvalue weighted by Gasteiger charge is 2.62. The molecule has 0 radical (unpaired) electrons. The highest BCUT2D eigenvalue weighted by molar-refractivity contribution is 5.76. The number of hydrogen-bond donors (Lipinski definition) is 0. The Morgan fingerprint density at radius 1 is 1.29 bits per heavy atom. The SMILES string of the molecule is Cc1nnnn1CCC(=O)N(C)CC1(c2ccccc2)CC1(C)C. The van der Waals surface area contributed by atoms with Crippen molar-refractivity contribution in [2.75, 3.05) is 13.6 Å². The number of likely N-dealkylation sites (N-methyl/N-ethyl adjacent to an activating group) is 1. The maximum atomic E-state index is 12.5. The fraction of sp³-hybridized carbons (Fsp3) is 0.556. The standard InChI is InChI=1S/C18H25N5O/c1-14-19-20-21-23(14)11-10-16(24)22(4)13-18(12-17(18,2)3)15-8-6-5-7-9-15/h5-9H,10-13H2,1-4H3. The van der Waals surface area contributed by atoms with Gasteiger partial charge in [-0.1, -0.05) is 44.2 Å². The zero-order chi connectivity index (χ0) is 17.4. The number of hydrogen-bond acceptors (Lipinski definition) is 4. The summed E-state index contributed by atoms with van der Waals surface area (Å²) in [5.74, 6) is 0.859. The minimum atomic E-state index is 0.0589. The summed E-state index contributed by atoms with van der Waals surface area (Å²) in [6.07, 6.45) is 1.52. The lowest BCUT2D eigenvalue weighted by atomic mass is 9.87. The molecule has 1 aliphatic rings. The van der Waals surface area contributed by atoms with Gasteiger partial charge in [0.15, 0.2) is 0 Å². The molecule has 1 heterocycles. The van der Waals surface area contributed by atoms with E-state index < -0.39 is 0 Å². The van der Waals surface area contributed by atoms with Crippen LogP contribution in [0.25, 0.3) is 0 Å². The van der Waals surface area contributed by atoms with Gasteiger partial charge < -0.3 is 4.90 Å². The Labute approximate surface area is 142 Å². The van der Waals surface area contributed by atoms with Gasteiger partial charge in [-0.05, 0) is 34.7 Å². The summed E-state index contributed by atoms with van der Waals surface area (Å²) in [5.41, 5.74) is 1.60. The first-order valence-electron chi connectivity index (χ1n) is 8.38. The maximum Gasteiger partial charge on any atom is 0.224 e. The quantitative estimate of drug-likeness (QED) is 0.816. The van der Waals surface area contributed by atoms with E-state index in [0.29, 0.717) is 13.0 Å². The minimum absolute atomic E-state index is 0.0589. The van der Waals surface area contributed by atoms with E-state index in [9.17, 15) is 4.79 Å². The van der Waals surface area contributed by atoms with Crippen molar-refractivity contribution in [3.63, 3.8) is 0 Å². The number of benzene rings is 1. The molecule has 1 fully saturated rings. The summed E-state index contributed by atoms with van der Waals surface area (Å²) in [5, 5.41) is 11.3. The molecule has 1 aliphatic carbocycles. The van der Waals surface area contributed by atoms with E-state index >= 15 is 0 Å². The first-order chi connectivity index (χ1) is 11.4. The number of rotatable bonds is 6. The molecule has 128 valence electrons. The van der Waals surface area contributed by atoms with Crippen LogP contribution in [0, 0.1) is 12.3 Å². The average Bonchev–Trinajstić information content (AvgIpc) is 2.89. The fourth-order valence-electron chi connectivity index (χ4n) is 3.66. The fourth-order valence-corrected chi connectivity index (χ4v) is 3.66. The molecule has 0 N–H and O–H groups in total. The molecule has 1 amide bonds. The molecule has 0 aliphatic heterocycles. The van der Waals surface area contributed by atoms with Gasteiger partial charge in [0, 0.05) is 25.4 Å². The van der Waals surface area contributed by atoms with Crippen molar-refractivity contribution < 1.29 is 4.79 Å². The van der Waals surface area contributed by atoms with E-state index in [1.807, 2.05) is 24.9 Å². The Hall–Kier alpha value is -2.24. The molecular weight excluding hydrogens is 302 g/mol. The first-order valence-corrected chi connectivity index (χ1v) is 8.38. The Morgan fingerprint density at radius 2 is 1.96 bits per heavy atom. The van der Waals surface area contributed by atoms with Crippen molar-refractivity contribution in [2.45, 2.75) is 45.6 Å². The van der Waals surface area contributed by atoms with Crippen molar-refractivity contribution in [2.24, 2.45) is 5.41 Å². The lowest BCUT2D eigenvalue weighted by Gasteiger charge is -2.28. The Morgan fingerprint density at radius 3 is 2.50 bits per heavy atom. The van der Waals surface area contributed by atoms with Crippen molar-refractivity contribution in [3.05, 3.63) is 41.7 Å². The van der Waals surface area contributed by atoms with Crippen LogP contribution in [-0.2, 0) is 16.8 Å². The molecule has 3 rings (SSSR count). The average molecular weight is 327 g/mol. The van der Waals surface area contributed by atoms with Gasteiger partial charge in [0.05, 0.1) is 6.54 Å². The van der Waals surface area contributed by atoms with Crippen LogP contribution in [0.15, 0.2) is 30.3 Å². The van der Waals surface area contributed by atoms with E-state index in [1.54, 1.807) is 4.68 Å². The summed E-state index contributed by atoms with van der Waals surface area (Å²) < 4.78 is 1.67. The van der Waals surface area contributed by atoms with E-state index in [0.717, 1.165) is 18.8 Å². The predicted octanol–water partition coefficient (Wildman–Crippen LogP) is 2.20. The van der Waals surface area contributed by atoms with E-state index in [1.165, 1.54) is 5.56 Å². The number of nitrogens with zero attached hydrogens (tertiary/aromatic N) is 5. The summed E-state index contributed by atoms with van der Waals surface area (Å²) in [6.45, 7) is 7.66. The Balaban J connectivity index is 1.66. The van der Waals surface area contributed by atoms with E-state index in [4.69, 9.17) is 0 Å². The van der Waals surface area contributed by atoms with Crippen molar-refractivity contribution >= 4 is 5.91 Å². The zero-order valence-corrected chi connectivity index (χ0v) is 14.9. The van der Waals surface area contributed by atoms with Gasteiger partial charge >= 0.3 is 0 Å². The molecule has 0 bridgehead atoms. The molecule has 2 aromatic rings. The second-order valence-electron chi connectivity index (χ2n) is 7.46. The van der Waals surface area contributed by atoms with Crippen molar-refractivity contribution in [1.29, 1.82) is 0 Å². The van der Waals surface area contributed by atoms with Crippen LogP contribution in [0.3, 0.4) is 0 Å². The number of aryl methyl sites for hydroxylation is 2. The molecule has 1 atom stereocenters. The van der Waals surface area contributed by atoms with Crippen LogP contribution in [0.4, 0.5) is 0 Å². The normalized spacial score (nSPS) is 21.5. The highest BCUT2D eigenvalue weighted by atomic mass is 16.2. The van der Waals surface area contributed by atoms with Crippen LogP contribution < -0.4 is 0 Å². The Kier molecular flexibility index (Phi) is 4.15. The molecule has 1 aromatic carbocycles. The van der Waals surface area contributed by atoms with Gasteiger partial charge in [-0.2, -0.15) is 0 Å². The molecule has 0 saturated heterocycles. The molecule has 1 saturated carbocycles. The largest absolute Gasteiger partial charge is 0.345 e. The molecule has 1 aromatic heterocycles. The van der Waals surface area contributed by atoms with Gasteiger partial charge in [0.1, 0.15) is 5.82 Å². The van der Waals surface area contributed by atoms with Crippen LogP contribution in [-0.4, -0.2) is 44.6 Å². The third kappa shape index (κ3) is 2.92. The summed E-state index contributed by atoms with van der Waals surface area (Å²) in [7, 11) is 1.90. The van der Waals surface area contributed by atoms with E-state index in [2.05, 4.69) is 53.6 Å². The molecule has 1 unspecified atom stereocenters. The third-order valence-electron chi connectivity index (χ3n) is 5.42. The molecule has 24 heavy (non-hydrogen) atoms. The molecular formula is C18H25N5O. The van der Waals surface area contributed by atoms with Gasteiger partial charge in [0.2, 0.25) is 5.91 Å². The van der Waals surface area contributed by atoms with Crippen molar-refractivity contribution in [3.8, 4) is 0 Å². The number of carbonyl (C=O) groups excluding carboxylic acids is 1. The van der Waals surface area contributed by atoms with Gasteiger partial charge in [0.25, 0.3) is 0 Å². The second-order valence-corrected chi connectivity index (χ2v) is 7.46. The van der Waals surface area contributed by atoms with E-state index in [-0.39, 0.29) is 16.7 Å². The van der Waals surface area contributed by atoms with Crippen molar-refractivity contribution in [1.82, 2.24) is 25.1 Å². The van der Waals surface area contributed by atoms with Crippen LogP contribution in [0.2, 0.25) is 0 Å². The predicted molar refractivity (Wildman–Crippen MR) is 91.3 cm³/mol. The summed E-state index contributed by atoms with van der Waals surface area (Å²) in [4.78, 5) is 14.4. The molecule has 6 heteroatoms. The van der Waals surface area contributed by atoms with Gasteiger partial charge in [-0.3, -0.25) is 4.79 Å². The first kappa shape index (κ1) is 16.6. The number of aromatic nitrogens is 4.